The summed E-state index contributed by atoms with van der Waals surface area (Å²) >= 11 is 1.58. The fourth-order valence-electron chi connectivity index (χ4n) is 5.85. The molecule has 1 aromatic heterocycles. The van der Waals surface area contributed by atoms with Crippen LogP contribution in [0, 0.1) is 0 Å². The number of piperazine rings is 1. The molecule has 1 fully saturated rings. The SMILES string of the molecule is CC1(C)CC(C)(C)c2cc(C(=O)CCN3CCN(c4nsc5ccccc45)CC3)ccc21. The van der Waals surface area contributed by atoms with Gasteiger partial charge >= 0.3 is 0 Å². The summed E-state index contributed by atoms with van der Waals surface area (Å²) in [6.07, 6.45) is 1.72. The predicted molar refractivity (Wildman–Crippen MR) is 134 cm³/mol. The number of ketones is 1. The summed E-state index contributed by atoms with van der Waals surface area (Å²) in [5.41, 5.74) is 3.96. The van der Waals surface area contributed by atoms with Crippen molar-refractivity contribution in [1.29, 1.82) is 0 Å². The Morgan fingerprint density at radius 2 is 1.69 bits per heavy atom. The Labute approximate surface area is 195 Å². The first-order valence-electron chi connectivity index (χ1n) is 11.7. The van der Waals surface area contributed by atoms with Crippen molar-refractivity contribution in [3.63, 3.8) is 0 Å². The highest BCUT2D eigenvalue weighted by Crippen LogP contribution is 2.49. The van der Waals surface area contributed by atoms with E-state index < -0.39 is 0 Å². The molecule has 32 heavy (non-hydrogen) atoms. The molecule has 0 bridgehead atoms. The first-order valence-corrected chi connectivity index (χ1v) is 12.5. The Kier molecular flexibility index (Phi) is 5.37. The van der Waals surface area contributed by atoms with E-state index >= 15 is 0 Å². The van der Waals surface area contributed by atoms with E-state index in [-0.39, 0.29) is 16.6 Å². The van der Waals surface area contributed by atoms with E-state index in [0.717, 1.165) is 50.5 Å². The van der Waals surface area contributed by atoms with Crippen LogP contribution >= 0.6 is 11.5 Å². The summed E-state index contributed by atoms with van der Waals surface area (Å²) < 4.78 is 5.95. The summed E-state index contributed by atoms with van der Waals surface area (Å²) in [5.74, 6) is 1.38. The molecule has 2 aromatic carbocycles. The van der Waals surface area contributed by atoms with Crippen molar-refractivity contribution in [1.82, 2.24) is 9.27 Å². The molecule has 5 heteroatoms. The molecule has 0 radical (unpaired) electrons. The van der Waals surface area contributed by atoms with E-state index in [9.17, 15) is 4.79 Å². The smallest absolute Gasteiger partial charge is 0.164 e. The lowest BCUT2D eigenvalue weighted by atomic mass is 9.82. The van der Waals surface area contributed by atoms with Gasteiger partial charge in [0.1, 0.15) is 5.82 Å². The zero-order chi connectivity index (χ0) is 22.5. The molecule has 0 atom stereocenters. The van der Waals surface area contributed by atoms with Gasteiger partial charge in [-0.15, -0.1) is 0 Å². The standard InChI is InChI=1S/C27H33N3OS/c1-26(2)18-27(3,4)22-17-19(9-10-21(22)26)23(31)11-12-29-13-15-30(16-14-29)25-20-7-5-6-8-24(20)32-28-25/h5-10,17H,11-16,18H2,1-4H3. The summed E-state index contributed by atoms with van der Waals surface area (Å²) in [4.78, 5) is 17.8. The molecule has 0 saturated carbocycles. The van der Waals surface area contributed by atoms with Gasteiger partial charge < -0.3 is 4.90 Å². The van der Waals surface area contributed by atoms with E-state index in [1.54, 1.807) is 11.5 Å². The number of fused-ring (bicyclic) bond motifs is 2. The van der Waals surface area contributed by atoms with Gasteiger partial charge in [-0.05, 0) is 58.1 Å². The maximum atomic E-state index is 13.0. The van der Waals surface area contributed by atoms with Gasteiger partial charge in [-0.3, -0.25) is 9.69 Å². The van der Waals surface area contributed by atoms with Gasteiger partial charge in [0, 0.05) is 50.1 Å². The Bertz CT molecular complexity index is 1150. The molecule has 2 aliphatic rings. The maximum absolute atomic E-state index is 13.0. The van der Waals surface area contributed by atoms with Crippen LogP contribution in [-0.2, 0) is 10.8 Å². The van der Waals surface area contributed by atoms with Crippen molar-refractivity contribution < 1.29 is 4.79 Å². The molecule has 2 heterocycles. The number of carbonyl (C=O) groups is 1. The molecule has 1 aliphatic heterocycles. The monoisotopic (exact) mass is 447 g/mol. The molecular formula is C27H33N3OS. The van der Waals surface area contributed by atoms with Crippen molar-refractivity contribution in [2.24, 2.45) is 0 Å². The fraction of sp³-hybridized carbons (Fsp3) is 0.481. The molecular weight excluding hydrogens is 414 g/mol. The number of hydrogen-bond acceptors (Lipinski definition) is 5. The van der Waals surface area contributed by atoms with Gasteiger partial charge in [0.05, 0.1) is 4.70 Å². The third-order valence-corrected chi connectivity index (χ3v) is 8.19. The molecule has 5 rings (SSSR count). The lowest BCUT2D eigenvalue weighted by Crippen LogP contribution is -2.47. The van der Waals surface area contributed by atoms with Crippen LogP contribution in [0.1, 0.15) is 62.0 Å². The van der Waals surface area contributed by atoms with Gasteiger partial charge in [-0.1, -0.05) is 52.0 Å². The van der Waals surface area contributed by atoms with Crippen molar-refractivity contribution >= 4 is 33.2 Å². The van der Waals surface area contributed by atoms with E-state index in [4.69, 9.17) is 4.37 Å². The van der Waals surface area contributed by atoms with Crippen LogP contribution in [0.5, 0.6) is 0 Å². The Morgan fingerprint density at radius 1 is 0.969 bits per heavy atom. The van der Waals surface area contributed by atoms with Gasteiger partial charge in [-0.25, -0.2) is 0 Å². The summed E-state index contributed by atoms with van der Waals surface area (Å²) in [5, 5.41) is 1.25. The summed E-state index contributed by atoms with van der Waals surface area (Å²) in [6, 6.07) is 14.9. The molecule has 0 N–H and O–H groups in total. The number of benzene rings is 2. The molecule has 168 valence electrons. The number of rotatable bonds is 5. The molecule has 4 nitrogen and oxygen atoms in total. The Hall–Kier alpha value is -2.24. The molecule has 3 aromatic rings. The highest BCUT2D eigenvalue weighted by atomic mass is 32.1. The molecule has 1 saturated heterocycles. The average molecular weight is 448 g/mol. The van der Waals surface area contributed by atoms with Gasteiger partial charge in [0.15, 0.2) is 5.78 Å². The highest BCUT2D eigenvalue weighted by Gasteiger charge is 2.41. The first-order chi connectivity index (χ1) is 15.2. The number of anilines is 1. The van der Waals surface area contributed by atoms with Gasteiger partial charge in [0.25, 0.3) is 0 Å². The third kappa shape index (κ3) is 3.86. The molecule has 0 amide bonds. The minimum atomic E-state index is 0.130. The zero-order valence-electron chi connectivity index (χ0n) is 19.6. The zero-order valence-corrected chi connectivity index (χ0v) is 20.5. The van der Waals surface area contributed by atoms with E-state index in [1.165, 1.54) is 21.2 Å². The van der Waals surface area contributed by atoms with Crippen LogP contribution in [0.25, 0.3) is 10.1 Å². The van der Waals surface area contributed by atoms with Crippen LogP contribution in [-0.4, -0.2) is 47.8 Å². The van der Waals surface area contributed by atoms with Crippen molar-refractivity contribution in [3.8, 4) is 0 Å². The molecule has 0 unspecified atom stereocenters. The molecule has 0 spiro atoms. The number of Topliss-reactive ketones (excluding diaryl/α,β-unsaturated/α-hetero) is 1. The van der Waals surface area contributed by atoms with Crippen LogP contribution < -0.4 is 4.90 Å². The Morgan fingerprint density at radius 3 is 2.47 bits per heavy atom. The second-order valence-electron chi connectivity index (χ2n) is 10.7. The van der Waals surface area contributed by atoms with Crippen molar-refractivity contribution in [3.05, 3.63) is 59.2 Å². The second kappa shape index (κ2) is 7.96. The number of carbonyl (C=O) groups excluding carboxylic acids is 1. The second-order valence-corrected chi connectivity index (χ2v) is 11.5. The molecule has 1 aliphatic carbocycles. The largest absolute Gasteiger partial charge is 0.353 e. The lowest BCUT2D eigenvalue weighted by Gasteiger charge is -2.35. The number of aromatic nitrogens is 1. The normalized spacial score (nSPS) is 19.9. The predicted octanol–water partition coefficient (Wildman–Crippen LogP) is 5.65. The minimum Gasteiger partial charge on any atom is -0.353 e. The summed E-state index contributed by atoms with van der Waals surface area (Å²) in [7, 11) is 0. The third-order valence-electron chi connectivity index (χ3n) is 7.37. The van der Waals surface area contributed by atoms with Crippen molar-refractivity contribution in [2.75, 3.05) is 37.6 Å². The number of hydrogen-bond donors (Lipinski definition) is 0. The topological polar surface area (TPSA) is 36.4 Å². The van der Waals surface area contributed by atoms with Crippen LogP contribution in [0.2, 0.25) is 0 Å². The van der Waals surface area contributed by atoms with E-state index in [1.807, 2.05) is 0 Å². The van der Waals surface area contributed by atoms with E-state index in [0.29, 0.717) is 6.42 Å². The van der Waals surface area contributed by atoms with Crippen LogP contribution in [0.15, 0.2) is 42.5 Å². The first kappa shape index (κ1) is 21.6. The van der Waals surface area contributed by atoms with Crippen LogP contribution in [0.3, 0.4) is 0 Å². The quantitative estimate of drug-likeness (QED) is 0.474. The Balaban J connectivity index is 1.19. The minimum absolute atomic E-state index is 0.130. The van der Waals surface area contributed by atoms with E-state index in [2.05, 4.69) is 80.0 Å². The number of nitrogens with zero attached hydrogens (tertiary/aromatic N) is 3. The summed E-state index contributed by atoms with van der Waals surface area (Å²) in [6.45, 7) is 14.0. The van der Waals surface area contributed by atoms with Gasteiger partial charge in [0.2, 0.25) is 0 Å². The van der Waals surface area contributed by atoms with Crippen LogP contribution in [0.4, 0.5) is 5.82 Å². The van der Waals surface area contributed by atoms with Crippen molar-refractivity contribution in [2.45, 2.75) is 51.4 Å². The maximum Gasteiger partial charge on any atom is 0.164 e. The highest BCUT2D eigenvalue weighted by molar-refractivity contribution is 7.13. The van der Waals surface area contributed by atoms with Gasteiger partial charge in [-0.2, -0.15) is 4.37 Å². The average Bonchev–Trinajstić information content (AvgIpc) is 3.28. The lowest BCUT2D eigenvalue weighted by molar-refractivity contribution is 0.0962. The fourth-order valence-corrected chi connectivity index (χ4v) is 6.65.